The van der Waals surface area contributed by atoms with Crippen molar-refractivity contribution in [3.05, 3.63) is 131 Å². The number of anilines is 2. The molecule has 7 heteroatoms. The Morgan fingerprint density at radius 3 is 2.30 bits per heavy atom. The summed E-state index contributed by atoms with van der Waals surface area (Å²) in [5.74, 6) is 0.489. The first-order valence-corrected chi connectivity index (χ1v) is 12.6. The first-order valence-electron chi connectivity index (χ1n) is 11.7. The summed E-state index contributed by atoms with van der Waals surface area (Å²) in [7, 11) is 0. The van der Waals surface area contributed by atoms with E-state index in [2.05, 4.69) is 20.8 Å². The Balaban J connectivity index is 1.12. The van der Waals surface area contributed by atoms with Crippen molar-refractivity contribution in [1.29, 1.82) is 0 Å². The van der Waals surface area contributed by atoms with Crippen LogP contribution < -0.4 is 15.5 Å². The number of ether oxygens (including phenoxy) is 1. The smallest absolute Gasteiger partial charge is 0.271 e. The second kappa shape index (κ2) is 11.8. The molecular formula is C30H24N4O2S. The molecule has 0 bridgehead atoms. The zero-order valence-electron chi connectivity index (χ0n) is 19.9. The summed E-state index contributed by atoms with van der Waals surface area (Å²) in [4.78, 5) is 17.1. The van der Waals surface area contributed by atoms with Gasteiger partial charge < -0.3 is 10.1 Å². The van der Waals surface area contributed by atoms with Crippen molar-refractivity contribution in [2.24, 2.45) is 5.10 Å². The average Bonchev–Trinajstić information content (AvgIpc) is 3.42. The molecule has 5 rings (SSSR count). The monoisotopic (exact) mass is 504 g/mol. The van der Waals surface area contributed by atoms with Crippen molar-refractivity contribution in [1.82, 2.24) is 10.4 Å². The van der Waals surface area contributed by atoms with Crippen molar-refractivity contribution in [2.75, 3.05) is 5.32 Å². The lowest BCUT2D eigenvalue weighted by molar-refractivity contribution is 0.0955. The van der Waals surface area contributed by atoms with Crippen LogP contribution in [0.3, 0.4) is 0 Å². The molecule has 4 aromatic carbocycles. The molecule has 2 N–H and O–H groups in total. The van der Waals surface area contributed by atoms with Gasteiger partial charge >= 0.3 is 0 Å². The third kappa shape index (κ3) is 6.68. The Labute approximate surface area is 219 Å². The molecular weight excluding hydrogens is 480 g/mol. The molecule has 0 aliphatic heterocycles. The summed E-state index contributed by atoms with van der Waals surface area (Å²) in [5.41, 5.74) is 7.83. The van der Waals surface area contributed by atoms with E-state index in [0.29, 0.717) is 12.2 Å². The van der Waals surface area contributed by atoms with Gasteiger partial charge in [-0.15, -0.1) is 11.3 Å². The Hall–Kier alpha value is -4.75. The maximum atomic E-state index is 12.5. The highest BCUT2D eigenvalue weighted by Gasteiger charge is 2.08. The van der Waals surface area contributed by atoms with Crippen LogP contribution in [0.1, 0.15) is 21.5 Å². The quantitative estimate of drug-likeness (QED) is 0.169. The van der Waals surface area contributed by atoms with Crippen molar-refractivity contribution in [3.63, 3.8) is 0 Å². The van der Waals surface area contributed by atoms with Gasteiger partial charge in [-0.3, -0.25) is 4.79 Å². The SMILES string of the molecule is O=C(N/N=C\c1ccc(OCc2ccccc2)cc1)c1ccc(-c2csc(Nc3ccccc3)n2)cc1. The molecule has 1 aromatic heterocycles. The highest BCUT2D eigenvalue weighted by molar-refractivity contribution is 7.14. The van der Waals surface area contributed by atoms with Gasteiger partial charge in [0.2, 0.25) is 0 Å². The summed E-state index contributed by atoms with van der Waals surface area (Å²) in [5, 5.41) is 10.2. The first-order chi connectivity index (χ1) is 18.2. The number of carbonyl (C=O) groups excluding carboxylic acids is 1. The summed E-state index contributed by atoms with van der Waals surface area (Å²) in [6, 6.07) is 34.8. The maximum absolute atomic E-state index is 12.5. The molecule has 0 spiro atoms. The fraction of sp³-hybridized carbons (Fsp3) is 0.0333. The molecule has 6 nitrogen and oxygen atoms in total. The van der Waals surface area contributed by atoms with Gasteiger partial charge in [0.15, 0.2) is 5.13 Å². The topological polar surface area (TPSA) is 75.6 Å². The van der Waals surface area contributed by atoms with E-state index in [1.807, 2.05) is 102 Å². The zero-order chi connectivity index (χ0) is 25.3. The lowest BCUT2D eigenvalue weighted by Gasteiger charge is -2.06. The summed E-state index contributed by atoms with van der Waals surface area (Å²) < 4.78 is 5.80. The highest BCUT2D eigenvalue weighted by atomic mass is 32.1. The van der Waals surface area contributed by atoms with Gasteiger partial charge in [0.1, 0.15) is 12.4 Å². The molecule has 37 heavy (non-hydrogen) atoms. The van der Waals surface area contributed by atoms with Crippen molar-refractivity contribution in [2.45, 2.75) is 6.61 Å². The van der Waals surface area contributed by atoms with Crippen molar-refractivity contribution >= 4 is 34.3 Å². The molecule has 0 saturated carbocycles. The number of aromatic nitrogens is 1. The standard InChI is InChI=1S/C30H24N4O2S/c35-29(34-31-19-22-11-17-27(18-12-22)36-20-23-7-3-1-4-8-23)25-15-13-24(14-16-25)28-21-37-30(33-28)32-26-9-5-2-6-10-26/h1-19,21H,20H2,(H,32,33)(H,34,35)/b31-19-. The molecule has 0 aliphatic rings. The molecule has 0 aliphatic carbocycles. The van der Waals surface area contributed by atoms with Crippen LogP contribution in [-0.4, -0.2) is 17.1 Å². The van der Waals surface area contributed by atoms with E-state index >= 15 is 0 Å². The predicted molar refractivity (Wildman–Crippen MR) is 150 cm³/mol. The minimum Gasteiger partial charge on any atom is -0.489 e. The Morgan fingerprint density at radius 2 is 1.57 bits per heavy atom. The normalized spacial score (nSPS) is 10.8. The molecule has 1 amide bonds. The zero-order valence-corrected chi connectivity index (χ0v) is 20.7. The minimum atomic E-state index is -0.282. The summed E-state index contributed by atoms with van der Waals surface area (Å²) >= 11 is 1.53. The van der Waals surface area contributed by atoms with Gasteiger partial charge in [0.25, 0.3) is 5.91 Å². The Kier molecular flexibility index (Phi) is 7.64. The molecule has 5 aromatic rings. The summed E-state index contributed by atoms with van der Waals surface area (Å²) in [6.07, 6.45) is 1.60. The molecule has 0 saturated heterocycles. The number of amides is 1. The number of benzene rings is 4. The van der Waals surface area contributed by atoms with E-state index in [0.717, 1.165) is 39.0 Å². The van der Waals surface area contributed by atoms with E-state index in [9.17, 15) is 4.79 Å². The van der Waals surface area contributed by atoms with Gasteiger partial charge in [-0.1, -0.05) is 60.7 Å². The molecule has 182 valence electrons. The molecule has 0 radical (unpaired) electrons. The average molecular weight is 505 g/mol. The summed E-state index contributed by atoms with van der Waals surface area (Å²) in [6.45, 7) is 0.511. The minimum absolute atomic E-state index is 0.282. The Morgan fingerprint density at radius 1 is 0.865 bits per heavy atom. The van der Waals surface area contributed by atoms with Crippen LogP contribution >= 0.6 is 11.3 Å². The van der Waals surface area contributed by atoms with Crippen LogP contribution in [0, 0.1) is 0 Å². The van der Waals surface area contributed by atoms with Gasteiger partial charge in [-0.25, -0.2) is 10.4 Å². The lowest BCUT2D eigenvalue weighted by atomic mass is 10.1. The fourth-order valence-electron chi connectivity index (χ4n) is 3.52. The van der Waals surface area contributed by atoms with E-state index in [-0.39, 0.29) is 5.91 Å². The predicted octanol–water partition coefficient (Wildman–Crippen LogP) is 6.90. The number of hydrogen-bond acceptors (Lipinski definition) is 6. The van der Waals surface area contributed by atoms with Gasteiger partial charge in [0.05, 0.1) is 11.9 Å². The largest absolute Gasteiger partial charge is 0.489 e. The number of nitrogens with one attached hydrogen (secondary N) is 2. The lowest BCUT2D eigenvalue weighted by Crippen LogP contribution is -2.17. The van der Waals surface area contributed by atoms with Gasteiger partial charge in [-0.05, 0) is 59.7 Å². The van der Waals surface area contributed by atoms with Gasteiger partial charge in [0, 0.05) is 22.2 Å². The number of carbonyl (C=O) groups is 1. The molecule has 0 fully saturated rings. The van der Waals surface area contributed by atoms with Crippen LogP contribution in [0.15, 0.2) is 120 Å². The van der Waals surface area contributed by atoms with Crippen LogP contribution in [0.4, 0.5) is 10.8 Å². The number of nitrogens with zero attached hydrogens (tertiary/aromatic N) is 2. The third-order valence-electron chi connectivity index (χ3n) is 5.48. The van der Waals surface area contributed by atoms with E-state index in [4.69, 9.17) is 4.74 Å². The number of hydrazone groups is 1. The molecule has 0 atom stereocenters. The first kappa shape index (κ1) is 24.0. The number of para-hydroxylation sites is 1. The number of thiazole rings is 1. The number of hydrogen-bond donors (Lipinski definition) is 2. The molecule has 0 unspecified atom stereocenters. The molecule has 1 heterocycles. The maximum Gasteiger partial charge on any atom is 0.271 e. The van der Waals surface area contributed by atoms with E-state index in [1.54, 1.807) is 18.3 Å². The second-order valence-corrected chi connectivity index (χ2v) is 9.01. The van der Waals surface area contributed by atoms with Crippen LogP contribution in [-0.2, 0) is 6.61 Å². The highest BCUT2D eigenvalue weighted by Crippen LogP contribution is 2.27. The Bertz CT molecular complexity index is 1470. The fourth-order valence-corrected chi connectivity index (χ4v) is 4.26. The third-order valence-corrected chi connectivity index (χ3v) is 6.24. The van der Waals surface area contributed by atoms with Crippen molar-refractivity contribution < 1.29 is 9.53 Å². The van der Waals surface area contributed by atoms with E-state index in [1.165, 1.54) is 11.3 Å². The van der Waals surface area contributed by atoms with Crippen molar-refractivity contribution in [3.8, 4) is 17.0 Å². The second-order valence-electron chi connectivity index (χ2n) is 8.15. The van der Waals surface area contributed by atoms with Crippen LogP contribution in [0.25, 0.3) is 11.3 Å². The van der Waals surface area contributed by atoms with Crippen LogP contribution in [0.2, 0.25) is 0 Å². The van der Waals surface area contributed by atoms with E-state index < -0.39 is 0 Å². The number of rotatable bonds is 9. The van der Waals surface area contributed by atoms with Crippen LogP contribution in [0.5, 0.6) is 5.75 Å². The van der Waals surface area contributed by atoms with Gasteiger partial charge in [-0.2, -0.15) is 5.10 Å².